The van der Waals surface area contributed by atoms with Gasteiger partial charge in [-0.1, -0.05) is 0 Å². The first-order valence-electron chi connectivity index (χ1n) is 7.57. The fourth-order valence-electron chi connectivity index (χ4n) is 2.55. The Kier molecular flexibility index (Phi) is 4.27. The Morgan fingerprint density at radius 2 is 2.17 bits per heavy atom. The van der Waals surface area contributed by atoms with E-state index in [2.05, 4.69) is 15.7 Å². The van der Waals surface area contributed by atoms with Crippen LogP contribution in [0.15, 0.2) is 42.7 Å². The zero-order valence-electron chi connectivity index (χ0n) is 12.9. The summed E-state index contributed by atoms with van der Waals surface area (Å²) in [6.45, 7) is 3.84. The van der Waals surface area contributed by atoms with Crippen molar-refractivity contribution in [1.82, 2.24) is 20.4 Å². The number of carbonyl (C=O) groups excluding carboxylic acids is 2. The fourth-order valence-corrected chi connectivity index (χ4v) is 2.55. The number of urea groups is 1. The summed E-state index contributed by atoms with van der Waals surface area (Å²) in [5, 5.41) is 9.81. The summed E-state index contributed by atoms with van der Waals surface area (Å²) < 4.78 is 1.78. The Morgan fingerprint density at radius 3 is 2.78 bits per heavy atom. The average Bonchev–Trinajstić information content (AvgIpc) is 3.19. The lowest BCUT2D eigenvalue weighted by atomic mass is 10.1. The van der Waals surface area contributed by atoms with Crippen LogP contribution in [0.2, 0.25) is 0 Å². The molecule has 2 aromatic rings. The predicted molar refractivity (Wildman–Crippen MR) is 86.3 cm³/mol. The molecule has 120 valence electrons. The molecule has 1 aromatic carbocycles. The van der Waals surface area contributed by atoms with Crippen LogP contribution in [-0.2, 0) is 6.54 Å². The molecule has 2 heterocycles. The minimum Gasteiger partial charge on any atom is -0.348 e. The summed E-state index contributed by atoms with van der Waals surface area (Å²) >= 11 is 0. The molecule has 3 amide bonds. The van der Waals surface area contributed by atoms with Crippen LogP contribution in [0, 0.1) is 0 Å². The number of hydrogen-bond acceptors (Lipinski definition) is 3. The van der Waals surface area contributed by atoms with Gasteiger partial charge in [-0.2, -0.15) is 5.10 Å². The highest BCUT2D eigenvalue weighted by molar-refractivity contribution is 5.97. The van der Waals surface area contributed by atoms with Crippen LogP contribution in [0.4, 0.5) is 10.5 Å². The van der Waals surface area contributed by atoms with E-state index < -0.39 is 0 Å². The highest BCUT2D eigenvalue weighted by Crippen LogP contribution is 2.17. The topological polar surface area (TPSA) is 79.3 Å². The van der Waals surface area contributed by atoms with E-state index in [1.165, 1.54) is 0 Å². The summed E-state index contributed by atoms with van der Waals surface area (Å²) in [4.78, 5) is 25.5. The molecule has 3 rings (SSSR count). The van der Waals surface area contributed by atoms with Crippen molar-refractivity contribution in [3.05, 3.63) is 48.3 Å². The van der Waals surface area contributed by atoms with Crippen LogP contribution in [0.1, 0.15) is 17.3 Å². The molecule has 0 saturated carbocycles. The normalized spacial score (nSPS) is 15.3. The van der Waals surface area contributed by atoms with Crippen molar-refractivity contribution in [3.8, 4) is 0 Å². The van der Waals surface area contributed by atoms with Crippen molar-refractivity contribution >= 4 is 17.6 Å². The van der Waals surface area contributed by atoms with Crippen LogP contribution in [0.25, 0.3) is 0 Å². The molecule has 2 N–H and O–H groups in total. The summed E-state index contributed by atoms with van der Waals surface area (Å²) in [5.41, 5.74) is 1.36. The lowest BCUT2D eigenvalue weighted by Crippen LogP contribution is -2.35. The Balaban J connectivity index is 1.60. The molecule has 23 heavy (non-hydrogen) atoms. The van der Waals surface area contributed by atoms with Gasteiger partial charge in [0, 0.05) is 42.8 Å². The van der Waals surface area contributed by atoms with Gasteiger partial charge in [0.05, 0.1) is 6.54 Å². The van der Waals surface area contributed by atoms with Gasteiger partial charge in [-0.3, -0.25) is 14.4 Å². The molecule has 7 heteroatoms. The molecule has 1 fully saturated rings. The van der Waals surface area contributed by atoms with Crippen molar-refractivity contribution in [2.24, 2.45) is 0 Å². The third-order valence-corrected chi connectivity index (χ3v) is 3.70. The first-order valence-corrected chi connectivity index (χ1v) is 7.57. The molecule has 7 nitrogen and oxygen atoms in total. The molecule has 0 radical (unpaired) electrons. The summed E-state index contributed by atoms with van der Waals surface area (Å²) in [5.74, 6) is -0.137. The number of carbonyl (C=O) groups is 2. The highest BCUT2D eigenvalue weighted by atomic mass is 16.2. The minimum atomic E-state index is -0.137. The van der Waals surface area contributed by atoms with E-state index in [0.29, 0.717) is 25.2 Å². The van der Waals surface area contributed by atoms with Gasteiger partial charge in [0.15, 0.2) is 0 Å². The SMILES string of the molecule is C[C@H](Cn1cccn1)NC(=O)c1ccc(N2CCNC2=O)cc1. The van der Waals surface area contributed by atoms with Crippen molar-refractivity contribution in [2.45, 2.75) is 19.5 Å². The molecule has 1 aliphatic rings. The summed E-state index contributed by atoms with van der Waals surface area (Å²) in [6, 6.07) is 8.76. The maximum absolute atomic E-state index is 12.2. The molecule has 1 aromatic heterocycles. The first-order chi connectivity index (χ1) is 11.1. The molecule has 0 bridgehead atoms. The van der Waals surface area contributed by atoms with Crippen molar-refractivity contribution in [2.75, 3.05) is 18.0 Å². The number of nitrogens with zero attached hydrogens (tertiary/aromatic N) is 3. The van der Waals surface area contributed by atoms with Crippen LogP contribution >= 0.6 is 0 Å². The van der Waals surface area contributed by atoms with Gasteiger partial charge in [-0.05, 0) is 37.3 Å². The highest BCUT2D eigenvalue weighted by Gasteiger charge is 2.21. The Bertz CT molecular complexity index is 681. The van der Waals surface area contributed by atoms with Gasteiger partial charge in [-0.25, -0.2) is 4.79 Å². The second-order valence-corrected chi connectivity index (χ2v) is 5.53. The number of benzene rings is 1. The lowest BCUT2D eigenvalue weighted by molar-refractivity contribution is 0.0936. The zero-order valence-corrected chi connectivity index (χ0v) is 12.9. The molecule has 0 aliphatic carbocycles. The van der Waals surface area contributed by atoms with E-state index in [1.54, 1.807) is 40.0 Å². The van der Waals surface area contributed by atoms with Gasteiger partial charge in [0.1, 0.15) is 0 Å². The van der Waals surface area contributed by atoms with Crippen LogP contribution in [-0.4, -0.2) is 40.9 Å². The van der Waals surface area contributed by atoms with Crippen LogP contribution in [0.5, 0.6) is 0 Å². The predicted octanol–water partition coefficient (Wildman–Crippen LogP) is 1.23. The summed E-state index contributed by atoms with van der Waals surface area (Å²) in [7, 11) is 0. The minimum absolute atomic E-state index is 0.0357. The van der Waals surface area contributed by atoms with E-state index in [0.717, 1.165) is 5.69 Å². The van der Waals surface area contributed by atoms with Gasteiger partial charge in [0.25, 0.3) is 5.91 Å². The van der Waals surface area contributed by atoms with E-state index in [1.807, 2.05) is 19.2 Å². The molecule has 0 unspecified atom stereocenters. The van der Waals surface area contributed by atoms with Gasteiger partial charge in [-0.15, -0.1) is 0 Å². The zero-order chi connectivity index (χ0) is 16.2. The van der Waals surface area contributed by atoms with E-state index in [-0.39, 0.29) is 18.0 Å². The maximum atomic E-state index is 12.2. The first kappa shape index (κ1) is 15.1. The smallest absolute Gasteiger partial charge is 0.321 e. The average molecular weight is 313 g/mol. The number of nitrogens with one attached hydrogen (secondary N) is 2. The third kappa shape index (κ3) is 3.50. The molecular weight excluding hydrogens is 294 g/mol. The standard InChI is InChI=1S/C16H19N5O2/c1-12(11-20-9-2-7-18-20)19-15(22)13-3-5-14(6-4-13)21-10-8-17-16(21)23/h2-7,9,12H,8,10-11H2,1H3,(H,17,23)(H,19,22)/t12-/m1/s1. The monoisotopic (exact) mass is 313 g/mol. The number of aromatic nitrogens is 2. The molecule has 0 spiro atoms. The Morgan fingerprint density at radius 1 is 1.39 bits per heavy atom. The van der Waals surface area contributed by atoms with E-state index in [4.69, 9.17) is 0 Å². The molecule has 1 atom stereocenters. The maximum Gasteiger partial charge on any atom is 0.321 e. The Hall–Kier alpha value is -2.83. The van der Waals surface area contributed by atoms with Gasteiger partial charge >= 0.3 is 6.03 Å². The number of hydrogen-bond donors (Lipinski definition) is 2. The van der Waals surface area contributed by atoms with Crippen molar-refractivity contribution < 1.29 is 9.59 Å². The molecule has 1 aliphatic heterocycles. The fraction of sp³-hybridized carbons (Fsp3) is 0.312. The van der Waals surface area contributed by atoms with Crippen molar-refractivity contribution in [1.29, 1.82) is 0 Å². The van der Waals surface area contributed by atoms with E-state index in [9.17, 15) is 9.59 Å². The van der Waals surface area contributed by atoms with Crippen molar-refractivity contribution in [3.63, 3.8) is 0 Å². The van der Waals surface area contributed by atoms with Crippen LogP contribution < -0.4 is 15.5 Å². The number of amides is 3. The number of rotatable bonds is 5. The van der Waals surface area contributed by atoms with Crippen LogP contribution in [0.3, 0.4) is 0 Å². The van der Waals surface area contributed by atoms with E-state index >= 15 is 0 Å². The second-order valence-electron chi connectivity index (χ2n) is 5.53. The molecule has 1 saturated heterocycles. The lowest BCUT2D eigenvalue weighted by Gasteiger charge is -2.16. The quantitative estimate of drug-likeness (QED) is 0.871. The largest absolute Gasteiger partial charge is 0.348 e. The Labute approximate surface area is 134 Å². The molecular formula is C16H19N5O2. The third-order valence-electron chi connectivity index (χ3n) is 3.70. The second kappa shape index (κ2) is 6.51. The van der Waals surface area contributed by atoms with Gasteiger partial charge < -0.3 is 10.6 Å². The van der Waals surface area contributed by atoms with Gasteiger partial charge in [0.2, 0.25) is 0 Å². The summed E-state index contributed by atoms with van der Waals surface area (Å²) in [6.07, 6.45) is 3.57. The number of anilines is 1.